The number of carbonyl (C=O) groups excluding carboxylic acids is 2. The number of nitrogens with zero attached hydrogens (tertiary/aromatic N) is 1. The molecule has 1 aromatic carbocycles. The van der Waals surface area contributed by atoms with E-state index in [1.54, 1.807) is 0 Å². The molecule has 9 heteroatoms. The monoisotopic (exact) mass is 317 g/mol. The lowest BCUT2D eigenvalue weighted by atomic mass is 9.98. The van der Waals surface area contributed by atoms with E-state index in [1.807, 2.05) is 0 Å². The van der Waals surface area contributed by atoms with E-state index in [2.05, 4.69) is 9.47 Å². The molecule has 0 aromatic heterocycles. The summed E-state index contributed by atoms with van der Waals surface area (Å²) in [6.07, 6.45) is 0. The highest BCUT2D eigenvalue weighted by Gasteiger charge is 2.36. The average molecular weight is 317 g/mol. The van der Waals surface area contributed by atoms with E-state index in [1.165, 1.54) is 13.8 Å². The van der Waals surface area contributed by atoms with Crippen molar-refractivity contribution < 1.29 is 32.8 Å². The van der Waals surface area contributed by atoms with E-state index in [0.29, 0.717) is 6.07 Å². The second kappa shape index (κ2) is 7.43. The quantitative estimate of drug-likeness (QED) is 0.345. The zero-order valence-corrected chi connectivity index (χ0v) is 11.8. The zero-order chi connectivity index (χ0) is 16.9. The van der Waals surface area contributed by atoms with Crippen molar-refractivity contribution in [2.75, 3.05) is 13.2 Å². The van der Waals surface area contributed by atoms with Crippen molar-refractivity contribution in [1.29, 1.82) is 0 Å². The number of ether oxygens (including phenoxy) is 2. The van der Waals surface area contributed by atoms with E-state index in [0.717, 1.165) is 6.07 Å². The van der Waals surface area contributed by atoms with Crippen molar-refractivity contribution in [2.24, 2.45) is 0 Å². The maximum atomic E-state index is 14.0. The Morgan fingerprint density at radius 2 is 1.64 bits per heavy atom. The lowest BCUT2D eigenvalue weighted by molar-refractivity contribution is -0.387. The largest absolute Gasteiger partial charge is 0.465 e. The molecular weight excluding hydrogens is 304 g/mol. The third-order valence-corrected chi connectivity index (χ3v) is 2.64. The number of nitro groups is 1. The van der Waals surface area contributed by atoms with Gasteiger partial charge in [-0.25, -0.2) is 4.39 Å². The first-order valence-corrected chi connectivity index (χ1v) is 6.30. The van der Waals surface area contributed by atoms with Crippen LogP contribution in [-0.2, 0) is 19.1 Å². The molecule has 0 fully saturated rings. The zero-order valence-electron chi connectivity index (χ0n) is 11.8. The van der Waals surface area contributed by atoms with Crippen LogP contribution in [0.25, 0.3) is 0 Å². The standard InChI is InChI=1S/C13H13F2NO6/c1-3-21-12(17)9(13(18)22-4-2)7-5-6-8(16(19)20)11(15)10(7)14/h5-6,9H,3-4H2,1-2H3. The second-order valence-electron chi connectivity index (χ2n) is 4.00. The van der Waals surface area contributed by atoms with Gasteiger partial charge in [0.05, 0.1) is 18.1 Å². The van der Waals surface area contributed by atoms with Crippen LogP contribution in [0.5, 0.6) is 0 Å². The maximum absolute atomic E-state index is 14.0. The van der Waals surface area contributed by atoms with Crippen LogP contribution in [0.15, 0.2) is 12.1 Å². The molecule has 0 aliphatic carbocycles. The molecule has 0 atom stereocenters. The Morgan fingerprint density at radius 1 is 1.14 bits per heavy atom. The SMILES string of the molecule is CCOC(=O)C(C(=O)OCC)c1ccc([N+](=O)[O-])c(F)c1F. The second-order valence-corrected chi connectivity index (χ2v) is 4.00. The van der Waals surface area contributed by atoms with Crippen LogP contribution in [-0.4, -0.2) is 30.1 Å². The van der Waals surface area contributed by atoms with Gasteiger partial charge in [-0.3, -0.25) is 19.7 Å². The van der Waals surface area contributed by atoms with E-state index in [-0.39, 0.29) is 13.2 Å². The van der Waals surface area contributed by atoms with Crippen LogP contribution < -0.4 is 0 Å². The molecule has 0 aliphatic rings. The van der Waals surface area contributed by atoms with Gasteiger partial charge in [0.2, 0.25) is 5.82 Å². The molecule has 0 heterocycles. The van der Waals surface area contributed by atoms with Crippen molar-refractivity contribution >= 4 is 17.6 Å². The first-order valence-electron chi connectivity index (χ1n) is 6.30. The van der Waals surface area contributed by atoms with Gasteiger partial charge in [0, 0.05) is 11.6 Å². The number of nitro benzene ring substituents is 1. The molecule has 0 amide bonds. The fourth-order valence-corrected chi connectivity index (χ4v) is 1.72. The van der Waals surface area contributed by atoms with Gasteiger partial charge in [-0.2, -0.15) is 4.39 Å². The lowest BCUT2D eigenvalue weighted by Crippen LogP contribution is -2.27. The Kier molecular flexibility index (Phi) is 5.90. The fourth-order valence-electron chi connectivity index (χ4n) is 1.72. The molecule has 7 nitrogen and oxygen atoms in total. The van der Waals surface area contributed by atoms with E-state index in [4.69, 9.17) is 0 Å². The highest BCUT2D eigenvalue weighted by Crippen LogP contribution is 2.29. The summed E-state index contributed by atoms with van der Waals surface area (Å²) in [6.45, 7) is 2.75. The fraction of sp³-hybridized carbons (Fsp3) is 0.385. The van der Waals surface area contributed by atoms with Gasteiger partial charge in [0.1, 0.15) is 0 Å². The summed E-state index contributed by atoms with van der Waals surface area (Å²) in [5, 5.41) is 10.5. The molecule has 0 saturated carbocycles. The minimum absolute atomic E-state index is 0.0914. The molecule has 0 unspecified atom stereocenters. The molecule has 0 N–H and O–H groups in total. The summed E-state index contributed by atoms with van der Waals surface area (Å²) >= 11 is 0. The normalized spacial score (nSPS) is 10.4. The molecule has 0 saturated heterocycles. The van der Waals surface area contributed by atoms with Crippen LogP contribution in [0.1, 0.15) is 25.3 Å². The van der Waals surface area contributed by atoms with Gasteiger partial charge in [-0.05, 0) is 19.9 Å². The average Bonchev–Trinajstić information content (AvgIpc) is 2.44. The third-order valence-electron chi connectivity index (χ3n) is 2.64. The van der Waals surface area contributed by atoms with E-state index in [9.17, 15) is 28.5 Å². The van der Waals surface area contributed by atoms with Crippen molar-refractivity contribution in [2.45, 2.75) is 19.8 Å². The van der Waals surface area contributed by atoms with Gasteiger partial charge < -0.3 is 9.47 Å². The van der Waals surface area contributed by atoms with Crippen LogP contribution in [0, 0.1) is 21.7 Å². The number of rotatable bonds is 6. The first kappa shape index (κ1) is 17.5. The molecular formula is C13H13F2NO6. The molecule has 120 valence electrons. The summed E-state index contributed by atoms with van der Waals surface area (Å²) in [5.74, 6) is -7.54. The van der Waals surface area contributed by atoms with Gasteiger partial charge in [0.15, 0.2) is 11.7 Å². The highest BCUT2D eigenvalue weighted by atomic mass is 19.2. The van der Waals surface area contributed by atoms with E-state index < -0.39 is 45.7 Å². The van der Waals surface area contributed by atoms with Crippen molar-refractivity contribution in [1.82, 2.24) is 0 Å². The number of halogens is 2. The van der Waals surface area contributed by atoms with Crippen molar-refractivity contribution in [3.05, 3.63) is 39.4 Å². The van der Waals surface area contributed by atoms with Crippen LogP contribution in [0.3, 0.4) is 0 Å². The van der Waals surface area contributed by atoms with Gasteiger partial charge >= 0.3 is 17.6 Å². The molecule has 22 heavy (non-hydrogen) atoms. The van der Waals surface area contributed by atoms with Gasteiger partial charge in [-0.1, -0.05) is 0 Å². The Labute approximate surface area is 124 Å². The summed E-state index contributed by atoms with van der Waals surface area (Å²) in [6, 6.07) is 1.45. The van der Waals surface area contributed by atoms with Crippen LogP contribution in [0.2, 0.25) is 0 Å². The lowest BCUT2D eigenvalue weighted by Gasteiger charge is -2.15. The third kappa shape index (κ3) is 3.54. The Bertz CT molecular complexity index is 586. The Hall–Kier alpha value is -2.58. The number of esters is 2. The predicted molar refractivity (Wildman–Crippen MR) is 69.0 cm³/mol. The molecule has 1 aromatic rings. The highest BCUT2D eigenvalue weighted by molar-refractivity contribution is 6.00. The van der Waals surface area contributed by atoms with Crippen LogP contribution in [0.4, 0.5) is 14.5 Å². The molecule has 0 radical (unpaired) electrons. The summed E-state index contributed by atoms with van der Waals surface area (Å²) in [7, 11) is 0. The van der Waals surface area contributed by atoms with Crippen molar-refractivity contribution in [3.63, 3.8) is 0 Å². The van der Waals surface area contributed by atoms with Gasteiger partial charge in [0.25, 0.3) is 0 Å². The number of carbonyl (C=O) groups is 2. The predicted octanol–water partition coefficient (Wildman–Crippen LogP) is 2.08. The number of hydrogen-bond donors (Lipinski definition) is 0. The molecule has 1 rings (SSSR count). The topological polar surface area (TPSA) is 95.7 Å². The molecule has 0 spiro atoms. The van der Waals surface area contributed by atoms with E-state index >= 15 is 0 Å². The Morgan fingerprint density at radius 3 is 2.05 bits per heavy atom. The maximum Gasteiger partial charge on any atom is 0.325 e. The molecule has 0 aliphatic heterocycles. The number of benzene rings is 1. The van der Waals surface area contributed by atoms with Gasteiger partial charge in [-0.15, -0.1) is 0 Å². The minimum Gasteiger partial charge on any atom is -0.465 e. The van der Waals surface area contributed by atoms with Crippen LogP contribution >= 0.6 is 0 Å². The summed E-state index contributed by atoms with van der Waals surface area (Å²) < 4.78 is 36.9. The van der Waals surface area contributed by atoms with Crippen molar-refractivity contribution in [3.8, 4) is 0 Å². The summed E-state index contributed by atoms with van der Waals surface area (Å²) in [4.78, 5) is 33.0. The summed E-state index contributed by atoms with van der Waals surface area (Å²) in [5.41, 5.74) is -1.78. The smallest absolute Gasteiger partial charge is 0.325 e. The minimum atomic E-state index is -1.85. The molecule has 0 bridgehead atoms. The Balaban J connectivity index is 3.37. The number of hydrogen-bond acceptors (Lipinski definition) is 6. The first-order chi connectivity index (χ1) is 10.3.